The molecule has 0 fully saturated rings. The van der Waals surface area contributed by atoms with E-state index in [1.165, 1.54) is 12.1 Å². The fourth-order valence-electron chi connectivity index (χ4n) is 2.05. The summed E-state index contributed by atoms with van der Waals surface area (Å²) in [4.78, 5) is 16.3. The molecule has 0 saturated carbocycles. The van der Waals surface area contributed by atoms with Crippen molar-refractivity contribution in [2.24, 2.45) is 0 Å². The summed E-state index contributed by atoms with van der Waals surface area (Å²) in [6.45, 7) is 0.295. The molecule has 3 aromatic rings. The van der Waals surface area contributed by atoms with Gasteiger partial charge in [-0.15, -0.1) is 0 Å². The molecule has 1 amide bonds. The molecule has 2 heterocycles. The van der Waals surface area contributed by atoms with Crippen LogP contribution < -0.4 is 5.32 Å². The molecule has 0 bridgehead atoms. The van der Waals surface area contributed by atoms with Gasteiger partial charge in [-0.25, -0.2) is 14.1 Å². The maximum atomic E-state index is 13.0. The standard InChI is InChI=1S/C16H12ClFN4O/c17-14-9-12(18)2-3-13(14)16(23)20-10-11-4-6-19-15(8-11)22-7-1-5-21-22/h1-9H,10H2,(H,20,23). The molecule has 0 aliphatic carbocycles. The lowest BCUT2D eigenvalue weighted by Crippen LogP contribution is -2.23. The molecule has 0 saturated heterocycles. The van der Waals surface area contributed by atoms with Crippen LogP contribution in [0, 0.1) is 5.82 Å². The first kappa shape index (κ1) is 15.2. The lowest BCUT2D eigenvalue weighted by atomic mass is 10.2. The van der Waals surface area contributed by atoms with Crippen LogP contribution in [0.3, 0.4) is 0 Å². The number of hydrogen-bond donors (Lipinski definition) is 1. The van der Waals surface area contributed by atoms with Gasteiger partial charge in [0.2, 0.25) is 0 Å². The Labute approximate surface area is 136 Å². The average Bonchev–Trinajstić information content (AvgIpc) is 3.07. The molecule has 0 atom stereocenters. The minimum absolute atomic E-state index is 0.0782. The second kappa shape index (κ2) is 6.58. The number of amides is 1. The van der Waals surface area contributed by atoms with Crippen LogP contribution >= 0.6 is 11.6 Å². The number of pyridine rings is 1. The number of hydrogen-bond acceptors (Lipinski definition) is 3. The number of halogens is 2. The van der Waals surface area contributed by atoms with Crippen LogP contribution in [-0.2, 0) is 6.54 Å². The molecule has 0 aliphatic heterocycles. The fraction of sp³-hybridized carbons (Fsp3) is 0.0625. The summed E-state index contributed by atoms with van der Waals surface area (Å²) in [5, 5.41) is 6.93. The van der Waals surface area contributed by atoms with Gasteiger partial charge in [0, 0.05) is 25.1 Å². The summed E-state index contributed by atoms with van der Waals surface area (Å²) >= 11 is 5.88. The Kier molecular flexibility index (Phi) is 4.34. The Morgan fingerprint density at radius 1 is 1.26 bits per heavy atom. The maximum absolute atomic E-state index is 13.0. The summed E-state index contributed by atoms with van der Waals surface area (Å²) in [5.74, 6) is -0.196. The lowest BCUT2D eigenvalue weighted by molar-refractivity contribution is 0.0951. The van der Waals surface area contributed by atoms with Crippen molar-refractivity contribution in [1.82, 2.24) is 20.1 Å². The molecule has 2 aromatic heterocycles. The molecule has 0 unspecified atom stereocenters. The largest absolute Gasteiger partial charge is 0.348 e. The summed E-state index contributed by atoms with van der Waals surface area (Å²) in [7, 11) is 0. The minimum atomic E-state index is -0.482. The second-order valence-electron chi connectivity index (χ2n) is 4.78. The fourth-order valence-corrected chi connectivity index (χ4v) is 2.30. The van der Waals surface area contributed by atoms with Crippen LogP contribution in [0.15, 0.2) is 55.0 Å². The van der Waals surface area contributed by atoms with E-state index in [1.807, 2.05) is 6.07 Å². The molecule has 23 heavy (non-hydrogen) atoms. The SMILES string of the molecule is O=C(NCc1ccnc(-n2cccn2)c1)c1ccc(F)cc1Cl. The number of carbonyl (C=O) groups excluding carboxylic acids is 1. The predicted molar refractivity (Wildman–Crippen MR) is 83.9 cm³/mol. The van der Waals surface area contributed by atoms with E-state index in [-0.39, 0.29) is 16.5 Å². The Morgan fingerprint density at radius 3 is 2.87 bits per heavy atom. The van der Waals surface area contributed by atoms with Crippen molar-refractivity contribution in [3.8, 4) is 5.82 Å². The average molecular weight is 331 g/mol. The van der Waals surface area contributed by atoms with Crippen molar-refractivity contribution >= 4 is 17.5 Å². The smallest absolute Gasteiger partial charge is 0.253 e. The van der Waals surface area contributed by atoms with Gasteiger partial charge in [0.25, 0.3) is 5.91 Å². The summed E-state index contributed by atoms with van der Waals surface area (Å²) in [6, 6.07) is 9.07. The van der Waals surface area contributed by atoms with Crippen LogP contribution in [0.4, 0.5) is 4.39 Å². The maximum Gasteiger partial charge on any atom is 0.253 e. The normalized spacial score (nSPS) is 10.5. The van der Waals surface area contributed by atoms with Crippen LogP contribution in [0.2, 0.25) is 5.02 Å². The second-order valence-corrected chi connectivity index (χ2v) is 5.19. The molecule has 0 aliphatic rings. The molecule has 116 valence electrons. The van der Waals surface area contributed by atoms with Crippen LogP contribution in [0.1, 0.15) is 15.9 Å². The van der Waals surface area contributed by atoms with Gasteiger partial charge in [0.05, 0.1) is 10.6 Å². The van der Waals surface area contributed by atoms with E-state index in [0.29, 0.717) is 12.4 Å². The Balaban J connectivity index is 1.71. The third-order valence-electron chi connectivity index (χ3n) is 3.18. The molecule has 3 rings (SSSR count). The zero-order valence-corrected chi connectivity index (χ0v) is 12.7. The number of nitrogens with zero attached hydrogens (tertiary/aromatic N) is 3. The number of carbonyl (C=O) groups is 1. The van der Waals surface area contributed by atoms with E-state index in [1.54, 1.807) is 35.4 Å². The quantitative estimate of drug-likeness (QED) is 0.800. The molecule has 0 spiro atoms. The highest BCUT2D eigenvalue weighted by molar-refractivity contribution is 6.33. The molecule has 5 nitrogen and oxygen atoms in total. The van der Waals surface area contributed by atoms with E-state index in [0.717, 1.165) is 11.6 Å². The van der Waals surface area contributed by atoms with Gasteiger partial charge >= 0.3 is 0 Å². The van der Waals surface area contributed by atoms with Crippen molar-refractivity contribution in [2.75, 3.05) is 0 Å². The van der Waals surface area contributed by atoms with Crippen LogP contribution in [0.5, 0.6) is 0 Å². The molecular weight excluding hydrogens is 319 g/mol. The van der Waals surface area contributed by atoms with Crippen molar-refractivity contribution in [1.29, 1.82) is 0 Å². The molecule has 0 radical (unpaired) electrons. The number of rotatable bonds is 4. The number of aromatic nitrogens is 3. The number of benzene rings is 1. The van der Waals surface area contributed by atoms with Gasteiger partial charge < -0.3 is 5.32 Å². The molecule has 1 aromatic carbocycles. The van der Waals surface area contributed by atoms with Gasteiger partial charge in [-0.1, -0.05) is 11.6 Å². The molecular formula is C16H12ClFN4O. The lowest BCUT2D eigenvalue weighted by Gasteiger charge is -2.08. The minimum Gasteiger partial charge on any atom is -0.348 e. The third-order valence-corrected chi connectivity index (χ3v) is 3.49. The van der Waals surface area contributed by atoms with E-state index in [9.17, 15) is 9.18 Å². The third kappa shape index (κ3) is 3.54. The first-order chi connectivity index (χ1) is 11.1. The highest BCUT2D eigenvalue weighted by Crippen LogP contribution is 2.17. The Bertz CT molecular complexity index is 836. The van der Waals surface area contributed by atoms with Crippen LogP contribution in [0.25, 0.3) is 5.82 Å². The zero-order chi connectivity index (χ0) is 16.2. The summed E-state index contributed by atoms with van der Waals surface area (Å²) in [5.41, 5.74) is 1.09. The van der Waals surface area contributed by atoms with Crippen molar-refractivity contribution in [2.45, 2.75) is 6.54 Å². The molecule has 7 heteroatoms. The van der Waals surface area contributed by atoms with Crippen LogP contribution in [-0.4, -0.2) is 20.7 Å². The van der Waals surface area contributed by atoms with Gasteiger partial charge in [-0.3, -0.25) is 4.79 Å². The first-order valence-electron chi connectivity index (χ1n) is 6.82. The van der Waals surface area contributed by atoms with Crippen molar-refractivity contribution in [3.63, 3.8) is 0 Å². The summed E-state index contributed by atoms with van der Waals surface area (Å²) in [6.07, 6.45) is 5.08. The van der Waals surface area contributed by atoms with Crippen molar-refractivity contribution in [3.05, 3.63) is 77.0 Å². The zero-order valence-electron chi connectivity index (χ0n) is 11.9. The van der Waals surface area contributed by atoms with E-state index in [2.05, 4.69) is 15.4 Å². The van der Waals surface area contributed by atoms with E-state index >= 15 is 0 Å². The highest BCUT2D eigenvalue weighted by atomic mass is 35.5. The van der Waals surface area contributed by atoms with Gasteiger partial charge in [-0.2, -0.15) is 5.10 Å². The predicted octanol–water partition coefficient (Wildman–Crippen LogP) is 2.99. The molecule has 1 N–H and O–H groups in total. The monoisotopic (exact) mass is 330 g/mol. The Hall–Kier alpha value is -2.73. The van der Waals surface area contributed by atoms with E-state index in [4.69, 9.17) is 11.6 Å². The first-order valence-corrected chi connectivity index (χ1v) is 7.19. The summed E-state index contributed by atoms with van der Waals surface area (Å²) < 4.78 is 14.6. The van der Waals surface area contributed by atoms with Gasteiger partial charge in [0.15, 0.2) is 5.82 Å². The van der Waals surface area contributed by atoms with E-state index < -0.39 is 5.82 Å². The van der Waals surface area contributed by atoms with Crippen molar-refractivity contribution < 1.29 is 9.18 Å². The highest BCUT2D eigenvalue weighted by Gasteiger charge is 2.11. The number of nitrogens with one attached hydrogen (secondary N) is 1. The topological polar surface area (TPSA) is 59.8 Å². The Morgan fingerprint density at radius 2 is 2.13 bits per heavy atom. The van der Waals surface area contributed by atoms with Gasteiger partial charge in [-0.05, 0) is 42.0 Å². The van der Waals surface area contributed by atoms with Gasteiger partial charge in [0.1, 0.15) is 5.82 Å².